The lowest BCUT2D eigenvalue weighted by atomic mass is 9.84. The Balaban J connectivity index is 2.21. The van der Waals surface area contributed by atoms with E-state index in [1.54, 1.807) is 6.92 Å². The standard InChI is InChI=1S/C16H20ClF/c1-3-4-12-6-8-13(9-7-12)14-10-5-11(2)16(18)15(14)17/h5,8,10,12H,3-4,6-7,9H2,1-2H3. The lowest BCUT2D eigenvalue weighted by Gasteiger charge is -2.22. The van der Waals surface area contributed by atoms with Crippen LogP contribution in [0.3, 0.4) is 0 Å². The zero-order valence-corrected chi connectivity index (χ0v) is 11.9. The maximum Gasteiger partial charge on any atom is 0.145 e. The number of aryl methyl sites for hydroxylation is 1. The van der Waals surface area contributed by atoms with Gasteiger partial charge >= 0.3 is 0 Å². The third-order valence-electron chi connectivity index (χ3n) is 3.84. The van der Waals surface area contributed by atoms with Crippen molar-refractivity contribution in [1.82, 2.24) is 0 Å². The van der Waals surface area contributed by atoms with Gasteiger partial charge in [-0.15, -0.1) is 0 Å². The van der Waals surface area contributed by atoms with Gasteiger partial charge in [0.25, 0.3) is 0 Å². The second kappa shape index (κ2) is 5.88. The molecular formula is C16H20ClF. The smallest absolute Gasteiger partial charge is 0.145 e. The summed E-state index contributed by atoms with van der Waals surface area (Å²) in [6.07, 6.45) is 8.11. The van der Waals surface area contributed by atoms with Crippen molar-refractivity contribution >= 4 is 17.2 Å². The summed E-state index contributed by atoms with van der Waals surface area (Å²) in [4.78, 5) is 0. The van der Waals surface area contributed by atoms with Crippen molar-refractivity contribution in [3.63, 3.8) is 0 Å². The second-order valence-electron chi connectivity index (χ2n) is 5.22. The van der Waals surface area contributed by atoms with Crippen molar-refractivity contribution in [1.29, 1.82) is 0 Å². The first-order chi connectivity index (χ1) is 8.63. The Morgan fingerprint density at radius 1 is 1.39 bits per heavy atom. The first-order valence-corrected chi connectivity index (χ1v) is 7.15. The summed E-state index contributed by atoms with van der Waals surface area (Å²) < 4.78 is 13.8. The van der Waals surface area contributed by atoms with Crippen LogP contribution in [0.25, 0.3) is 5.57 Å². The largest absolute Gasteiger partial charge is 0.205 e. The maximum absolute atomic E-state index is 13.8. The summed E-state index contributed by atoms with van der Waals surface area (Å²) >= 11 is 6.11. The number of rotatable bonds is 3. The summed E-state index contributed by atoms with van der Waals surface area (Å²) in [6, 6.07) is 3.77. The summed E-state index contributed by atoms with van der Waals surface area (Å²) in [5.41, 5.74) is 2.71. The monoisotopic (exact) mass is 266 g/mol. The van der Waals surface area contributed by atoms with E-state index in [1.165, 1.54) is 24.8 Å². The van der Waals surface area contributed by atoms with E-state index in [1.807, 2.05) is 12.1 Å². The fourth-order valence-corrected chi connectivity index (χ4v) is 3.03. The van der Waals surface area contributed by atoms with Gasteiger partial charge in [0.2, 0.25) is 0 Å². The van der Waals surface area contributed by atoms with Crippen molar-refractivity contribution in [2.24, 2.45) is 5.92 Å². The number of halogens is 2. The Labute approximate surface area is 114 Å². The lowest BCUT2D eigenvalue weighted by molar-refractivity contribution is 0.445. The van der Waals surface area contributed by atoms with Crippen molar-refractivity contribution in [2.75, 3.05) is 0 Å². The minimum Gasteiger partial charge on any atom is -0.205 e. The third kappa shape index (κ3) is 2.77. The molecule has 0 radical (unpaired) electrons. The highest BCUT2D eigenvalue weighted by molar-refractivity contribution is 6.32. The van der Waals surface area contributed by atoms with Crippen molar-refractivity contribution < 1.29 is 4.39 Å². The Hall–Kier alpha value is -0.820. The summed E-state index contributed by atoms with van der Waals surface area (Å²) in [7, 11) is 0. The van der Waals surface area contributed by atoms with Gasteiger partial charge < -0.3 is 0 Å². The van der Waals surface area contributed by atoms with Crippen molar-refractivity contribution in [3.8, 4) is 0 Å². The fraction of sp³-hybridized carbons (Fsp3) is 0.500. The summed E-state index contributed by atoms with van der Waals surface area (Å²) in [5, 5.41) is 0.287. The molecule has 0 nitrogen and oxygen atoms in total. The average molecular weight is 267 g/mol. The normalized spacial score (nSPS) is 19.8. The Morgan fingerprint density at radius 3 is 2.78 bits per heavy atom. The fourth-order valence-electron chi connectivity index (χ4n) is 2.70. The van der Waals surface area contributed by atoms with Crippen LogP contribution < -0.4 is 0 Å². The van der Waals surface area contributed by atoms with Crippen LogP contribution in [0.1, 0.15) is 50.2 Å². The van der Waals surface area contributed by atoms with Gasteiger partial charge in [-0.1, -0.05) is 49.6 Å². The quantitative estimate of drug-likeness (QED) is 0.651. The molecule has 0 heterocycles. The molecule has 18 heavy (non-hydrogen) atoms. The lowest BCUT2D eigenvalue weighted by Crippen LogP contribution is -2.05. The molecule has 98 valence electrons. The molecule has 2 heteroatoms. The molecular weight excluding hydrogens is 247 g/mol. The minimum atomic E-state index is -0.272. The molecule has 0 saturated carbocycles. The molecule has 0 saturated heterocycles. The highest BCUT2D eigenvalue weighted by atomic mass is 35.5. The van der Waals surface area contributed by atoms with E-state index < -0.39 is 0 Å². The molecule has 1 aliphatic carbocycles. The minimum absolute atomic E-state index is 0.272. The Bertz CT molecular complexity index is 462. The highest BCUT2D eigenvalue weighted by Crippen LogP contribution is 2.36. The zero-order valence-electron chi connectivity index (χ0n) is 11.1. The van der Waals surface area contributed by atoms with Gasteiger partial charge in [-0.05, 0) is 48.8 Å². The van der Waals surface area contributed by atoms with Crippen LogP contribution in [0.5, 0.6) is 0 Å². The van der Waals surface area contributed by atoms with Gasteiger partial charge in [-0.3, -0.25) is 0 Å². The van der Waals surface area contributed by atoms with Gasteiger partial charge in [0.1, 0.15) is 5.82 Å². The predicted octanol–water partition coefficient (Wildman–Crippen LogP) is 5.77. The van der Waals surface area contributed by atoms with E-state index in [0.717, 1.165) is 24.3 Å². The summed E-state index contributed by atoms with van der Waals surface area (Å²) in [6.45, 7) is 3.98. The van der Waals surface area contributed by atoms with Gasteiger partial charge in [-0.2, -0.15) is 0 Å². The van der Waals surface area contributed by atoms with Crippen LogP contribution in [0.4, 0.5) is 4.39 Å². The molecule has 0 fully saturated rings. The average Bonchev–Trinajstić information content (AvgIpc) is 2.38. The van der Waals surface area contributed by atoms with E-state index in [-0.39, 0.29) is 10.8 Å². The zero-order chi connectivity index (χ0) is 13.1. The van der Waals surface area contributed by atoms with Crippen LogP contribution in [0, 0.1) is 18.7 Å². The molecule has 1 unspecified atom stereocenters. The third-order valence-corrected chi connectivity index (χ3v) is 4.21. The first-order valence-electron chi connectivity index (χ1n) is 6.77. The van der Waals surface area contributed by atoms with E-state index in [9.17, 15) is 4.39 Å². The molecule has 1 aliphatic rings. The second-order valence-corrected chi connectivity index (χ2v) is 5.59. The Kier molecular flexibility index (Phi) is 4.45. The van der Waals surface area contributed by atoms with Crippen LogP contribution in [0.2, 0.25) is 5.02 Å². The SMILES string of the molecule is CCCC1CC=C(c2ccc(C)c(F)c2Cl)CC1. The summed E-state index contributed by atoms with van der Waals surface area (Å²) in [5.74, 6) is 0.526. The number of allylic oxidation sites excluding steroid dienone is 2. The van der Waals surface area contributed by atoms with Gasteiger partial charge in [-0.25, -0.2) is 4.39 Å². The van der Waals surface area contributed by atoms with Gasteiger partial charge in [0, 0.05) is 0 Å². The molecule has 0 bridgehead atoms. The molecule has 0 amide bonds. The number of hydrogen-bond acceptors (Lipinski definition) is 0. The molecule has 2 rings (SSSR count). The molecule has 0 aromatic heterocycles. The highest BCUT2D eigenvalue weighted by Gasteiger charge is 2.18. The first kappa shape index (κ1) is 13.6. The van der Waals surface area contributed by atoms with E-state index in [2.05, 4.69) is 13.0 Å². The molecule has 1 aromatic carbocycles. The van der Waals surface area contributed by atoms with Crippen molar-refractivity contribution in [3.05, 3.63) is 40.2 Å². The molecule has 0 aliphatic heterocycles. The van der Waals surface area contributed by atoms with Crippen LogP contribution >= 0.6 is 11.6 Å². The van der Waals surface area contributed by atoms with E-state index in [0.29, 0.717) is 5.56 Å². The van der Waals surface area contributed by atoms with Crippen LogP contribution in [-0.4, -0.2) is 0 Å². The molecule has 1 aromatic rings. The van der Waals surface area contributed by atoms with Crippen molar-refractivity contribution in [2.45, 2.75) is 46.0 Å². The predicted molar refractivity (Wildman–Crippen MR) is 76.4 cm³/mol. The van der Waals surface area contributed by atoms with Crippen LogP contribution in [-0.2, 0) is 0 Å². The topological polar surface area (TPSA) is 0 Å². The Morgan fingerprint density at radius 2 is 2.17 bits per heavy atom. The molecule has 0 spiro atoms. The number of benzene rings is 1. The number of hydrogen-bond donors (Lipinski definition) is 0. The molecule has 1 atom stereocenters. The van der Waals surface area contributed by atoms with E-state index >= 15 is 0 Å². The van der Waals surface area contributed by atoms with E-state index in [4.69, 9.17) is 11.6 Å². The van der Waals surface area contributed by atoms with Gasteiger partial charge in [0.05, 0.1) is 5.02 Å². The maximum atomic E-state index is 13.8. The van der Waals surface area contributed by atoms with Crippen LogP contribution in [0.15, 0.2) is 18.2 Å². The van der Waals surface area contributed by atoms with Gasteiger partial charge in [0.15, 0.2) is 0 Å². The molecule has 0 N–H and O–H groups in total.